The van der Waals surface area contributed by atoms with Crippen LogP contribution in [-0.2, 0) is 14.3 Å². The lowest BCUT2D eigenvalue weighted by Gasteiger charge is -2.15. The van der Waals surface area contributed by atoms with E-state index < -0.39 is 23.8 Å². The van der Waals surface area contributed by atoms with E-state index in [1.54, 1.807) is 6.07 Å². The zero-order valence-electron chi connectivity index (χ0n) is 14.6. The highest BCUT2D eigenvalue weighted by Crippen LogP contribution is 2.20. The van der Waals surface area contributed by atoms with E-state index in [0.717, 1.165) is 17.2 Å². The summed E-state index contributed by atoms with van der Waals surface area (Å²) in [4.78, 5) is 23.9. The van der Waals surface area contributed by atoms with Crippen molar-refractivity contribution in [2.24, 2.45) is 0 Å². The third kappa shape index (κ3) is 5.46. The SMILES string of the molecule is Cc1ccc(OCC(=O)O[C@H](C)C(=O)Nc2ccc(Cl)cc2F)c(C)c1. The maximum Gasteiger partial charge on any atom is 0.344 e. The monoisotopic (exact) mass is 379 g/mol. The molecule has 0 aromatic heterocycles. The molecular weight excluding hydrogens is 361 g/mol. The molecule has 0 saturated heterocycles. The molecule has 7 heteroatoms. The summed E-state index contributed by atoms with van der Waals surface area (Å²) in [6.45, 7) is 4.87. The average molecular weight is 380 g/mol. The number of nitrogens with one attached hydrogen (secondary N) is 1. The minimum Gasteiger partial charge on any atom is -0.482 e. The first-order valence-electron chi connectivity index (χ1n) is 7.91. The van der Waals surface area contributed by atoms with Crippen molar-refractivity contribution in [1.82, 2.24) is 0 Å². The van der Waals surface area contributed by atoms with Crippen molar-refractivity contribution in [3.05, 3.63) is 58.4 Å². The summed E-state index contributed by atoms with van der Waals surface area (Å²) >= 11 is 5.65. The molecule has 0 spiro atoms. The largest absolute Gasteiger partial charge is 0.482 e. The number of anilines is 1. The molecule has 0 aliphatic rings. The fourth-order valence-corrected chi connectivity index (χ4v) is 2.37. The first-order valence-corrected chi connectivity index (χ1v) is 8.29. The highest BCUT2D eigenvalue weighted by molar-refractivity contribution is 6.30. The predicted molar refractivity (Wildman–Crippen MR) is 97.0 cm³/mol. The van der Waals surface area contributed by atoms with Gasteiger partial charge in [0.25, 0.3) is 5.91 Å². The van der Waals surface area contributed by atoms with Gasteiger partial charge in [-0.2, -0.15) is 0 Å². The number of amides is 1. The highest BCUT2D eigenvalue weighted by Gasteiger charge is 2.19. The number of ether oxygens (including phenoxy) is 2. The van der Waals surface area contributed by atoms with Gasteiger partial charge in [0.15, 0.2) is 12.7 Å². The molecule has 26 heavy (non-hydrogen) atoms. The zero-order chi connectivity index (χ0) is 19.3. The van der Waals surface area contributed by atoms with E-state index in [9.17, 15) is 14.0 Å². The van der Waals surface area contributed by atoms with Gasteiger partial charge in [0.05, 0.1) is 5.69 Å². The van der Waals surface area contributed by atoms with Gasteiger partial charge in [-0.25, -0.2) is 9.18 Å². The van der Waals surface area contributed by atoms with Gasteiger partial charge in [-0.15, -0.1) is 0 Å². The zero-order valence-corrected chi connectivity index (χ0v) is 15.4. The number of carbonyl (C=O) groups is 2. The molecule has 138 valence electrons. The summed E-state index contributed by atoms with van der Waals surface area (Å²) in [7, 11) is 0. The van der Waals surface area contributed by atoms with Crippen LogP contribution in [0.2, 0.25) is 5.02 Å². The maximum atomic E-state index is 13.7. The van der Waals surface area contributed by atoms with E-state index in [0.29, 0.717) is 5.75 Å². The van der Waals surface area contributed by atoms with E-state index in [1.807, 2.05) is 26.0 Å². The Kier molecular flexibility index (Phi) is 6.58. The van der Waals surface area contributed by atoms with Gasteiger partial charge in [-0.05, 0) is 50.6 Å². The molecular formula is C19H19ClFNO4. The van der Waals surface area contributed by atoms with Gasteiger partial charge in [0.1, 0.15) is 11.6 Å². The van der Waals surface area contributed by atoms with E-state index in [1.165, 1.54) is 19.1 Å². The summed E-state index contributed by atoms with van der Waals surface area (Å²) in [5, 5.41) is 2.55. The third-order valence-corrected chi connectivity index (χ3v) is 3.78. The molecule has 0 fully saturated rings. The molecule has 2 aromatic carbocycles. The van der Waals surface area contributed by atoms with E-state index >= 15 is 0 Å². The third-order valence-electron chi connectivity index (χ3n) is 3.54. The molecule has 0 bridgehead atoms. The first kappa shape index (κ1) is 19.7. The minimum absolute atomic E-state index is 0.0474. The lowest BCUT2D eigenvalue weighted by atomic mass is 10.1. The number of esters is 1. The number of benzene rings is 2. The van der Waals surface area contributed by atoms with Gasteiger partial charge in [0, 0.05) is 5.02 Å². The van der Waals surface area contributed by atoms with Crippen LogP contribution in [0, 0.1) is 19.7 Å². The lowest BCUT2D eigenvalue weighted by Crippen LogP contribution is -2.32. The number of aryl methyl sites for hydroxylation is 2. The second-order valence-electron chi connectivity index (χ2n) is 5.80. The van der Waals surface area contributed by atoms with Crippen LogP contribution in [0.1, 0.15) is 18.1 Å². The van der Waals surface area contributed by atoms with Crippen LogP contribution in [0.15, 0.2) is 36.4 Å². The van der Waals surface area contributed by atoms with Gasteiger partial charge in [-0.3, -0.25) is 4.79 Å². The van der Waals surface area contributed by atoms with Gasteiger partial charge in [-0.1, -0.05) is 29.3 Å². The molecule has 5 nitrogen and oxygen atoms in total. The standard InChI is InChI=1S/C19H19ClFNO4/c1-11-4-7-17(12(2)8-11)25-10-18(23)26-13(3)19(24)22-16-6-5-14(20)9-15(16)21/h4-9,13H,10H2,1-3H3,(H,22,24)/t13-/m1/s1. The number of hydrogen-bond donors (Lipinski definition) is 1. The Labute approximate surface area is 156 Å². The fourth-order valence-electron chi connectivity index (χ4n) is 2.21. The van der Waals surface area contributed by atoms with Gasteiger partial charge in [0.2, 0.25) is 0 Å². The van der Waals surface area contributed by atoms with Crippen molar-refractivity contribution in [2.75, 3.05) is 11.9 Å². The normalized spacial score (nSPS) is 11.6. The Hall–Kier alpha value is -2.60. The molecule has 2 rings (SSSR count). The molecule has 2 aromatic rings. The Balaban J connectivity index is 1.86. The van der Waals surface area contributed by atoms with Crippen LogP contribution < -0.4 is 10.1 Å². The van der Waals surface area contributed by atoms with Crippen molar-refractivity contribution in [1.29, 1.82) is 0 Å². The van der Waals surface area contributed by atoms with Crippen LogP contribution in [0.4, 0.5) is 10.1 Å². The summed E-state index contributed by atoms with van der Waals surface area (Å²) in [5.74, 6) is -1.48. The quantitative estimate of drug-likeness (QED) is 0.769. The Morgan fingerprint density at radius 3 is 2.58 bits per heavy atom. The second kappa shape index (κ2) is 8.67. The van der Waals surface area contributed by atoms with Crippen LogP contribution in [-0.4, -0.2) is 24.6 Å². The Bertz CT molecular complexity index is 825. The number of rotatable bonds is 6. The highest BCUT2D eigenvalue weighted by atomic mass is 35.5. The summed E-state index contributed by atoms with van der Waals surface area (Å²) in [6, 6.07) is 9.40. The molecule has 1 atom stereocenters. The molecule has 0 radical (unpaired) electrons. The Morgan fingerprint density at radius 2 is 1.92 bits per heavy atom. The molecule has 1 N–H and O–H groups in total. The van der Waals surface area contributed by atoms with E-state index in [4.69, 9.17) is 21.1 Å². The predicted octanol–water partition coefficient (Wildman–Crippen LogP) is 4.05. The topological polar surface area (TPSA) is 64.6 Å². The maximum absolute atomic E-state index is 13.7. The van der Waals surface area contributed by atoms with E-state index in [2.05, 4.69) is 5.32 Å². The number of halogens is 2. The molecule has 0 saturated carbocycles. The summed E-state index contributed by atoms with van der Waals surface area (Å²) in [6.07, 6.45) is -1.11. The smallest absolute Gasteiger partial charge is 0.344 e. The van der Waals surface area contributed by atoms with Crippen LogP contribution >= 0.6 is 11.6 Å². The fraction of sp³-hybridized carbons (Fsp3) is 0.263. The van der Waals surface area contributed by atoms with Crippen molar-refractivity contribution >= 4 is 29.2 Å². The molecule has 0 heterocycles. The van der Waals surface area contributed by atoms with Crippen LogP contribution in [0.5, 0.6) is 5.75 Å². The number of carbonyl (C=O) groups excluding carboxylic acids is 2. The van der Waals surface area contributed by atoms with Gasteiger partial charge >= 0.3 is 5.97 Å². The van der Waals surface area contributed by atoms with Crippen molar-refractivity contribution in [3.63, 3.8) is 0 Å². The molecule has 1 amide bonds. The molecule has 0 aliphatic carbocycles. The lowest BCUT2D eigenvalue weighted by molar-refractivity contribution is -0.155. The summed E-state index contributed by atoms with van der Waals surface area (Å²) in [5.41, 5.74) is 1.92. The first-order chi connectivity index (χ1) is 12.3. The minimum atomic E-state index is -1.11. The van der Waals surface area contributed by atoms with Crippen LogP contribution in [0.25, 0.3) is 0 Å². The van der Waals surface area contributed by atoms with Crippen LogP contribution in [0.3, 0.4) is 0 Å². The van der Waals surface area contributed by atoms with Crippen molar-refractivity contribution in [3.8, 4) is 5.75 Å². The summed E-state index contributed by atoms with van der Waals surface area (Å²) < 4.78 is 24.1. The second-order valence-corrected chi connectivity index (χ2v) is 6.24. The molecule has 0 unspecified atom stereocenters. The van der Waals surface area contributed by atoms with Crippen molar-refractivity contribution < 1.29 is 23.5 Å². The van der Waals surface area contributed by atoms with E-state index in [-0.39, 0.29) is 17.3 Å². The average Bonchev–Trinajstić information content (AvgIpc) is 2.56. The Morgan fingerprint density at radius 1 is 1.19 bits per heavy atom. The molecule has 0 aliphatic heterocycles. The number of hydrogen-bond acceptors (Lipinski definition) is 4. The van der Waals surface area contributed by atoms with Gasteiger partial charge < -0.3 is 14.8 Å². The van der Waals surface area contributed by atoms with Crippen molar-refractivity contribution in [2.45, 2.75) is 26.9 Å².